The summed E-state index contributed by atoms with van der Waals surface area (Å²) in [7, 11) is 2.06. The van der Waals surface area contributed by atoms with Crippen LogP contribution in [0.2, 0.25) is 0 Å². The minimum absolute atomic E-state index is 0.727. The van der Waals surface area contributed by atoms with Gasteiger partial charge in [-0.25, -0.2) is 9.67 Å². The molecular weight excluding hydrogens is 264 g/mol. The van der Waals surface area contributed by atoms with Gasteiger partial charge in [-0.2, -0.15) is 10.2 Å². The highest BCUT2D eigenvalue weighted by molar-refractivity contribution is 5.33. The molecular formula is C15H18N6. The summed E-state index contributed by atoms with van der Waals surface area (Å²) in [4.78, 5) is 6.51. The molecule has 0 aliphatic carbocycles. The Labute approximate surface area is 123 Å². The Hall–Kier alpha value is -2.47. The lowest BCUT2D eigenvalue weighted by Crippen LogP contribution is -2.18. The van der Waals surface area contributed by atoms with Gasteiger partial charge in [0.15, 0.2) is 5.82 Å². The predicted molar refractivity (Wildman–Crippen MR) is 79.9 cm³/mol. The number of hydrogen-bond donors (Lipinski definition) is 1. The van der Waals surface area contributed by atoms with Gasteiger partial charge in [-0.3, -0.25) is 10.00 Å². The summed E-state index contributed by atoms with van der Waals surface area (Å²) >= 11 is 0. The number of nitrogens with one attached hydrogen (secondary N) is 1. The van der Waals surface area contributed by atoms with Crippen LogP contribution in [0.1, 0.15) is 17.2 Å². The smallest absolute Gasteiger partial charge is 0.164 e. The fourth-order valence-electron chi connectivity index (χ4n) is 2.24. The first-order chi connectivity index (χ1) is 10.2. The van der Waals surface area contributed by atoms with Crippen LogP contribution in [0, 0.1) is 6.92 Å². The molecule has 6 heteroatoms. The van der Waals surface area contributed by atoms with E-state index in [2.05, 4.69) is 56.5 Å². The van der Waals surface area contributed by atoms with Crippen molar-refractivity contribution in [3.8, 4) is 5.69 Å². The quantitative estimate of drug-likeness (QED) is 0.776. The molecule has 0 saturated carbocycles. The van der Waals surface area contributed by atoms with Gasteiger partial charge in [0.05, 0.1) is 12.2 Å². The topological polar surface area (TPSA) is 62.6 Å². The SMILES string of the molecule is Cc1nc(CN(C)Cc2ccc(-n3cccn3)cc2)n[nH]1. The van der Waals surface area contributed by atoms with Crippen molar-refractivity contribution in [2.45, 2.75) is 20.0 Å². The van der Waals surface area contributed by atoms with Crippen molar-refractivity contribution in [3.05, 3.63) is 59.9 Å². The van der Waals surface area contributed by atoms with E-state index in [-0.39, 0.29) is 0 Å². The first-order valence-electron chi connectivity index (χ1n) is 6.86. The Balaban J connectivity index is 1.62. The van der Waals surface area contributed by atoms with Gasteiger partial charge in [-0.05, 0) is 37.7 Å². The Morgan fingerprint density at radius 1 is 1.19 bits per heavy atom. The molecule has 0 aliphatic heterocycles. The number of H-pyrrole nitrogens is 1. The van der Waals surface area contributed by atoms with Crippen LogP contribution in [0.5, 0.6) is 0 Å². The van der Waals surface area contributed by atoms with Crippen LogP contribution in [-0.4, -0.2) is 36.9 Å². The maximum atomic E-state index is 4.32. The molecule has 0 unspecified atom stereocenters. The van der Waals surface area contributed by atoms with Crippen molar-refractivity contribution in [1.82, 2.24) is 29.9 Å². The number of aryl methyl sites for hydroxylation is 1. The molecule has 0 saturated heterocycles. The number of aromatic nitrogens is 5. The summed E-state index contributed by atoms with van der Waals surface area (Å²) in [6.45, 7) is 3.49. The third kappa shape index (κ3) is 3.35. The predicted octanol–water partition coefficient (Wildman–Crippen LogP) is 1.93. The van der Waals surface area contributed by atoms with Crippen LogP contribution >= 0.6 is 0 Å². The Bertz CT molecular complexity index is 683. The molecule has 0 radical (unpaired) electrons. The highest BCUT2D eigenvalue weighted by Crippen LogP contribution is 2.11. The first-order valence-corrected chi connectivity index (χ1v) is 6.86. The Morgan fingerprint density at radius 2 is 2.00 bits per heavy atom. The summed E-state index contributed by atoms with van der Waals surface area (Å²) in [6, 6.07) is 10.3. The second kappa shape index (κ2) is 5.88. The van der Waals surface area contributed by atoms with Gasteiger partial charge >= 0.3 is 0 Å². The van der Waals surface area contributed by atoms with Gasteiger partial charge < -0.3 is 0 Å². The maximum Gasteiger partial charge on any atom is 0.164 e. The average molecular weight is 282 g/mol. The number of nitrogens with zero attached hydrogens (tertiary/aromatic N) is 5. The largest absolute Gasteiger partial charge is 0.295 e. The van der Waals surface area contributed by atoms with E-state index in [9.17, 15) is 0 Å². The van der Waals surface area contributed by atoms with E-state index in [1.54, 1.807) is 6.20 Å². The van der Waals surface area contributed by atoms with E-state index in [0.29, 0.717) is 0 Å². The van der Waals surface area contributed by atoms with E-state index in [4.69, 9.17) is 0 Å². The van der Waals surface area contributed by atoms with E-state index in [0.717, 1.165) is 30.4 Å². The lowest BCUT2D eigenvalue weighted by atomic mass is 10.2. The molecule has 3 aromatic rings. The molecule has 1 N–H and O–H groups in total. The number of benzene rings is 1. The van der Waals surface area contributed by atoms with Crippen LogP contribution in [0.3, 0.4) is 0 Å². The molecule has 0 atom stereocenters. The fourth-order valence-corrected chi connectivity index (χ4v) is 2.24. The van der Waals surface area contributed by atoms with Crippen molar-refractivity contribution in [2.24, 2.45) is 0 Å². The lowest BCUT2D eigenvalue weighted by Gasteiger charge is -2.14. The lowest BCUT2D eigenvalue weighted by molar-refractivity contribution is 0.311. The molecule has 0 amide bonds. The van der Waals surface area contributed by atoms with Gasteiger partial charge in [0.1, 0.15) is 5.82 Å². The second-order valence-electron chi connectivity index (χ2n) is 5.13. The molecule has 0 bridgehead atoms. The maximum absolute atomic E-state index is 4.32. The van der Waals surface area contributed by atoms with E-state index in [1.165, 1.54) is 5.56 Å². The van der Waals surface area contributed by atoms with Crippen LogP contribution in [0.25, 0.3) is 5.69 Å². The molecule has 0 aliphatic rings. The van der Waals surface area contributed by atoms with Crippen LogP contribution in [-0.2, 0) is 13.1 Å². The van der Waals surface area contributed by atoms with Gasteiger partial charge in [-0.15, -0.1) is 0 Å². The van der Waals surface area contributed by atoms with E-state index in [1.807, 2.05) is 23.9 Å². The highest BCUT2D eigenvalue weighted by atomic mass is 15.3. The van der Waals surface area contributed by atoms with Crippen LogP contribution < -0.4 is 0 Å². The fraction of sp³-hybridized carbons (Fsp3) is 0.267. The third-order valence-corrected chi connectivity index (χ3v) is 3.21. The zero-order chi connectivity index (χ0) is 14.7. The number of rotatable bonds is 5. The Morgan fingerprint density at radius 3 is 2.62 bits per heavy atom. The second-order valence-corrected chi connectivity index (χ2v) is 5.13. The molecule has 1 aromatic carbocycles. The molecule has 0 spiro atoms. The van der Waals surface area contributed by atoms with E-state index >= 15 is 0 Å². The molecule has 0 fully saturated rings. The molecule has 3 rings (SSSR count). The van der Waals surface area contributed by atoms with Crippen molar-refractivity contribution < 1.29 is 0 Å². The first kappa shape index (κ1) is 13.5. The zero-order valence-electron chi connectivity index (χ0n) is 12.2. The summed E-state index contributed by atoms with van der Waals surface area (Å²) in [5.41, 5.74) is 2.32. The summed E-state index contributed by atoms with van der Waals surface area (Å²) in [5, 5.41) is 11.2. The van der Waals surface area contributed by atoms with Crippen LogP contribution in [0.15, 0.2) is 42.7 Å². The molecule has 21 heavy (non-hydrogen) atoms. The normalized spacial score (nSPS) is 11.2. The van der Waals surface area contributed by atoms with Crippen molar-refractivity contribution >= 4 is 0 Å². The van der Waals surface area contributed by atoms with Crippen molar-refractivity contribution in [1.29, 1.82) is 0 Å². The summed E-state index contributed by atoms with van der Waals surface area (Å²) < 4.78 is 1.85. The van der Waals surface area contributed by atoms with Crippen molar-refractivity contribution in [3.63, 3.8) is 0 Å². The molecule has 6 nitrogen and oxygen atoms in total. The molecule has 2 heterocycles. The minimum Gasteiger partial charge on any atom is -0.295 e. The molecule has 108 valence electrons. The highest BCUT2D eigenvalue weighted by Gasteiger charge is 2.06. The van der Waals surface area contributed by atoms with Gasteiger partial charge in [-0.1, -0.05) is 12.1 Å². The summed E-state index contributed by atoms with van der Waals surface area (Å²) in [5.74, 6) is 1.67. The standard InChI is InChI=1S/C15H18N6/c1-12-17-15(19-18-12)11-20(2)10-13-4-6-14(7-5-13)21-9-3-8-16-21/h3-9H,10-11H2,1-2H3,(H,17,18,19). The zero-order valence-corrected chi connectivity index (χ0v) is 12.2. The van der Waals surface area contributed by atoms with Gasteiger partial charge in [0, 0.05) is 18.9 Å². The third-order valence-electron chi connectivity index (χ3n) is 3.21. The van der Waals surface area contributed by atoms with Crippen LogP contribution in [0.4, 0.5) is 0 Å². The van der Waals surface area contributed by atoms with Gasteiger partial charge in [0.2, 0.25) is 0 Å². The Kier molecular flexibility index (Phi) is 3.79. The van der Waals surface area contributed by atoms with E-state index < -0.39 is 0 Å². The minimum atomic E-state index is 0.727. The summed E-state index contributed by atoms with van der Waals surface area (Å²) in [6.07, 6.45) is 3.72. The molecule has 2 aromatic heterocycles. The van der Waals surface area contributed by atoms with Gasteiger partial charge in [0.25, 0.3) is 0 Å². The monoisotopic (exact) mass is 282 g/mol. The number of aromatic amines is 1. The number of hydrogen-bond acceptors (Lipinski definition) is 4. The van der Waals surface area contributed by atoms with Crippen molar-refractivity contribution in [2.75, 3.05) is 7.05 Å². The average Bonchev–Trinajstić information content (AvgIpc) is 3.11.